The second-order valence-corrected chi connectivity index (χ2v) is 6.65. The van der Waals surface area contributed by atoms with Gasteiger partial charge < -0.3 is 5.32 Å². The first-order valence-electron chi connectivity index (χ1n) is 6.68. The fourth-order valence-corrected chi connectivity index (χ4v) is 3.39. The van der Waals surface area contributed by atoms with Crippen LogP contribution in [0.25, 0.3) is 4.96 Å². The molecule has 2 aromatic heterocycles. The Morgan fingerprint density at radius 2 is 2.14 bits per heavy atom. The number of hydrogen-bond donors (Lipinski definition) is 1. The van der Waals surface area contributed by atoms with Gasteiger partial charge in [-0.25, -0.2) is 4.98 Å². The van der Waals surface area contributed by atoms with Gasteiger partial charge in [-0.05, 0) is 31.2 Å². The summed E-state index contributed by atoms with van der Waals surface area (Å²) in [6, 6.07) is 6.11. The molecule has 1 atom stereocenters. The van der Waals surface area contributed by atoms with E-state index in [0.717, 1.165) is 23.5 Å². The molecule has 1 aromatic carbocycles. The molecule has 0 aliphatic heterocycles. The van der Waals surface area contributed by atoms with Gasteiger partial charge in [0.2, 0.25) is 0 Å². The van der Waals surface area contributed by atoms with Gasteiger partial charge in [0.1, 0.15) is 0 Å². The van der Waals surface area contributed by atoms with Crippen molar-refractivity contribution >= 4 is 39.5 Å². The van der Waals surface area contributed by atoms with Crippen molar-refractivity contribution in [3.63, 3.8) is 0 Å². The molecule has 2 heterocycles. The van der Waals surface area contributed by atoms with Crippen molar-refractivity contribution in [2.24, 2.45) is 0 Å². The highest BCUT2D eigenvalue weighted by Crippen LogP contribution is 2.23. The summed E-state index contributed by atoms with van der Waals surface area (Å²) in [5.41, 5.74) is 2.27. The van der Waals surface area contributed by atoms with Crippen molar-refractivity contribution in [1.82, 2.24) is 14.7 Å². The van der Waals surface area contributed by atoms with Crippen molar-refractivity contribution in [2.75, 3.05) is 7.05 Å². The molecule has 0 aliphatic carbocycles. The molecule has 6 heteroatoms. The molecule has 1 unspecified atom stereocenters. The number of halogens is 2. The van der Waals surface area contributed by atoms with Crippen LogP contribution >= 0.6 is 34.5 Å². The van der Waals surface area contributed by atoms with E-state index in [2.05, 4.69) is 20.9 Å². The third-order valence-electron chi connectivity index (χ3n) is 3.47. The lowest BCUT2D eigenvalue weighted by molar-refractivity contribution is 0.551. The minimum Gasteiger partial charge on any atom is -0.316 e. The summed E-state index contributed by atoms with van der Waals surface area (Å²) in [4.78, 5) is 5.66. The molecular weight excluding hydrogens is 325 g/mol. The third-order valence-corrected chi connectivity index (χ3v) is 4.98. The first kappa shape index (κ1) is 14.9. The van der Waals surface area contributed by atoms with E-state index < -0.39 is 0 Å². The number of likely N-dealkylation sites (N-methyl/N-ethyl adjacent to an activating group) is 1. The van der Waals surface area contributed by atoms with Crippen LogP contribution in [-0.2, 0) is 12.8 Å². The lowest BCUT2D eigenvalue weighted by Crippen LogP contribution is -2.30. The largest absolute Gasteiger partial charge is 0.316 e. The number of aromatic nitrogens is 2. The van der Waals surface area contributed by atoms with Gasteiger partial charge >= 0.3 is 0 Å². The SMILES string of the molecule is CNC(Cc1ccc(Cl)c(Cl)c1)Cc1cn2ccsc2n1. The molecule has 0 bridgehead atoms. The number of rotatable bonds is 5. The van der Waals surface area contributed by atoms with Crippen molar-refractivity contribution in [3.05, 3.63) is 57.3 Å². The van der Waals surface area contributed by atoms with Crippen molar-refractivity contribution < 1.29 is 0 Å². The topological polar surface area (TPSA) is 29.3 Å². The van der Waals surface area contributed by atoms with E-state index in [9.17, 15) is 0 Å². The van der Waals surface area contributed by atoms with E-state index in [1.807, 2.05) is 36.8 Å². The first-order valence-corrected chi connectivity index (χ1v) is 8.31. The molecule has 0 saturated carbocycles. The molecule has 0 radical (unpaired) electrons. The van der Waals surface area contributed by atoms with E-state index in [1.165, 1.54) is 5.56 Å². The van der Waals surface area contributed by atoms with Crippen LogP contribution in [0.5, 0.6) is 0 Å². The number of fused-ring (bicyclic) bond motifs is 1. The van der Waals surface area contributed by atoms with Gasteiger partial charge in [-0.1, -0.05) is 29.3 Å². The Morgan fingerprint density at radius 3 is 2.86 bits per heavy atom. The van der Waals surface area contributed by atoms with E-state index in [4.69, 9.17) is 23.2 Å². The molecule has 3 nitrogen and oxygen atoms in total. The van der Waals surface area contributed by atoms with Crippen LogP contribution < -0.4 is 5.32 Å². The van der Waals surface area contributed by atoms with Gasteiger partial charge in [-0.15, -0.1) is 11.3 Å². The van der Waals surface area contributed by atoms with Gasteiger partial charge in [0.05, 0.1) is 15.7 Å². The first-order chi connectivity index (χ1) is 10.2. The zero-order valence-corrected chi connectivity index (χ0v) is 13.8. The number of hydrogen-bond acceptors (Lipinski definition) is 3. The van der Waals surface area contributed by atoms with Crippen LogP contribution in [0.2, 0.25) is 10.0 Å². The average molecular weight is 340 g/mol. The maximum absolute atomic E-state index is 6.07. The Bertz CT molecular complexity index is 722. The van der Waals surface area contributed by atoms with Crippen molar-refractivity contribution in [1.29, 1.82) is 0 Å². The molecule has 3 aromatic rings. The predicted octanol–water partition coefficient (Wildman–Crippen LogP) is 4.08. The fraction of sp³-hybridized carbons (Fsp3) is 0.267. The zero-order valence-electron chi connectivity index (χ0n) is 11.5. The molecule has 0 aliphatic rings. The summed E-state index contributed by atoms with van der Waals surface area (Å²) >= 11 is 13.7. The van der Waals surface area contributed by atoms with E-state index in [-0.39, 0.29) is 0 Å². The quantitative estimate of drug-likeness (QED) is 0.758. The summed E-state index contributed by atoms with van der Waals surface area (Å²) in [5.74, 6) is 0. The van der Waals surface area contributed by atoms with E-state index in [1.54, 1.807) is 11.3 Å². The van der Waals surface area contributed by atoms with E-state index >= 15 is 0 Å². The second-order valence-electron chi connectivity index (χ2n) is 4.97. The molecule has 1 N–H and O–H groups in total. The zero-order chi connectivity index (χ0) is 14.8. The van der Waals surface area contributed by atoms with Crippen LogP contribution in [0, 0.1) is 0 Å². The minimum absolute atomic E-state index is 0.312. The van der Waals surface area contributed by atoms with Crippen LogP contribution in [0.4, 0.5) is 0 Å². The third kappa shape index (κ3) is 3.40. The molecule has 0 fully saturated rings. The van der Waals surface area contributed by atoms with Crippen molar-refractivity contribution in [3.8, 4) is 0 Å². The van der Waals surface area contributed by atoms with Crippen LogP contribution in [-0.4, -0.2) is 22.5 Å². The number of benzene rings is 1. The molecule has 0 spiro atoms. The van der Waals surface area contributed by atoms with Crippen molar-refractivity contribution in [2.45, 2.75) is 18.9 Å². The second kappa shape index (κ2) is 6.36. The normalized spacial score (nSPS) is 12.9. The summed E-state index contributed by atoms with van der Waals surface area (Å²) in [7, 11) is 1.97. The molecular formula is C15H15Cl2N3S. The lowest BCUT2D eigenvalue weighted by atomic mass is 10.0. The Kier molecular flexibility index (Phi) is 4.50. The number of thiazole rings is 1. The minimum atomic E-state index is 0.312. The Labute approximate surface area is 137 Å². The maximum Gasteiger partial charge on any atom is 0.193 e. The molecule has 0 saturated heterocycles. The predicted molar refractivity (Wildman–Crippen MR) is 89.8 cm³/mol. The van der Waals surface area contributed by atoms with Gasteiger partial charge in [-0.3, -0.25) is 4.40 Å². The Balaban J connectivity index is 1.72. The number of nitrogens with zero attached hydrogens (tertiary/aromatic N) is 2. The lowest BCUT2D eigenvalue weighted by Gasteiger charge is -2.15. The summed E-state index contributed by atoms with van der Waals surface area (Å²) in [5, 5.41) is 6.58. The molecule has 110 valence electrons. The highest BCUT2D eigenvalue weighted by molar-refractivity contribution is 7.15. The van der Waals surface area contributed by atoms with Gasteiger partial charge in [0, 0.05) is 30.2 Å². The summed E-state index contributed by atoms with van der Waals surface area (Å²) in [6.45, 7) is 0. The Morgan fingerprint density at radius 1 is 1.29 bits per heavy atom. The monoisotopic (exact) mass is 339 g/mol. The van der Waals surface area contributed by atoms with E-state index in [0.29, 0.717) is 16.1 Å². The number of imidazole rings is 1. The molecule has 0 amide bonds. The van der Waals surface area contributed by atoms with Crippen LogP contribution in [0.1, 0.15) is 11.3 Å². The summed E-state index contributed by atoms with van der Waals surface area (Å²) in [6.07, 6.45) is 5.89. The highest BCUT2D eigenvalue weighted by Gasteiger charge is 2.12. The number of nitrogens with one attached hydrogen (secondary N) is 1. The van der Waals surface area contributed by atoms with Crippen LogP contribution in [0.3, 0.4) is 0 Å². The maximum atomic E-state index is 6.07. The van der Waals surface area contributed by atoms with Gasteiger partial charge in [-0.2, -0.15) is 0 Å². The Hall–Kier alpha value is -1.07. The smallest absolute Gasteiger partial charge is 0.193 e. The molecule has 3 rings (SSSR count). The molecule has 21 heavy (non-hydrogen) atoms. The van der Waals surface area contributed by atoms with Gasteiger partial charge in [0.25, 0.3) is 0 Å². The fourth-order valence-electron chi connectivity index (χ4n) is 2.35. The highest BCUT2D eigenvalue weighted by atomic mass is 35.5. The average Bonchev–Trinajstić information content (AvgIpc) is 3.03. The van der Waals surface area contributed by atoms with Gasteiger partial charge in [0.15, 0.2) is 4.96 Å². The standard InChI is InChI=1S/C15H15Cl2N3S/c1-18-11(6-10-2-3-13(16)14(17)7-10)8-12-9-20-4-5-21-15(20)19-12/h2-5,7,9,11,18H,6,8H2,1H3. The van der Waals surface area contributed by atoms with Crippen LogP contribution in [0.15, 0.2) is 36.0 Å². The summed E-state index contributed by atoms with van der Waals surface area (Å²) < 4.78 is 2.06.